The van der Waals surface area contributed by atoms with E-state index in [-0.39, 0.29) is 0 Å². The molecule has 1 nitrogen and oxygen atoms in total. The SMILES string of the molecule is CCC(C)(C)CCCCCCc1cc(O)cc(CCCCCCC(C)(C)C)c1. The smallest absolute Gasteiger partial charge is 0.116 e. The molecule has 0 unspecified atom stereocenters. The molecule has 0 aliphatic rings. The Morgan fingerprint density at radius 3 is 1.57 bits per heavy atom. The molecule has 0 aliphatic heterocycles. The fourth-order valence-electron chi connectivity index (χ4n) is 3.83. The van der Waals surface area contributed by atoms with E-state index in [1.54, 1.807) is 0 Å². The largest absolute Gasteiger partial charge is 0.508 e. The van der Waals surface area contributed by atoms with E-state index in [0.29, 0.717) is 16.6 Å². The zero-order valence-corrected chi connectivity index (χ0v) is 19.9. The number of hydrogen-bond acceptors (Lipinski definition) is 1. The highest BCUT2D eigenvalue weighted by atomic mass is 16.3. The van der Waals surface area contributed by atoms with Gasteiger partial charge in [0, 0.05) is 0 Å². The second kappa shape index (κ2) is 12.6. The monoisotopic (exact) mass is 388 g/mol. The van der Waals surface area contributed by atoms with Gasteiger partial charge in [0.1, 0.15) is 5.75 Å². The summed E-state index contributed by atoms with van der Waals surface area (Å²) in [4.78, 5) is 0. The average Bonchev–Trinajstić information content (AvgIpc) is 2.59. The molecule has 0 spiro atoms. The van der Waals surface area contributed by atoms with Crippen molar-refractivity contribution in [2.75, 3.05) is 0 Å². The van der Waals surface area contributed by atoms with Crippen molar-refractivity contribution in [3.05, 3.63) is 29.3 Å². The Hall–Kier alpha value is -0.980. The van der Waals surface area contributed by atoms with Gasteiger partial charge < -0.3 is 5.11 Å². The van der Waals surface area contributed by atoms with E-state index in [0.717, 1.165) is 12.8 Å². The number of aromatic hydroxyl groups is 1. The fourth-order valence-corrected chi connectivity index (χ4v) is 3.83. The molecule has 0 bridgehead atoms. The van der Waals surface area contributed by atoms with Crippen LogP contribution < -0.4 is 0 Å². The minimum absolute atomic E-state index is 0.449. The van der Waals surface area contributed by atoms with E-state index < -0.39 is 0 Å². The summed E-state index contributed by atoms with van der Waals surface area (Å²) in [6.45, 7) is 14.0. The van der Waals surface area contributed by atoms with Gasteiger partial charge in [-0.15, -0.1) is 0 Å². The Balaban J connectivity index is 2.25. The standard InChI is InChI=1S/C27H48O/c1-7-27(5,6)19-15-11-9-13-17-24-20-23(21-25(28)22-24)16-12-8-10-14-18-26(2,3)4/h20-22,28H,7-19H2,1-6H3. The Morgan fingerprint density at radius 2 is 1.11 bits per heavy atom. The van der Waals surface area contributed by atoms with Crippen LogP contribution in [-0.4, -0.2) is 5.11 Å². The van der Waals surface area contributed by atoms with Gasteiger partial charge >= 0.3 is 0 Å². The number of unbranched alkanes of at least 4 members (excludes halogenated alkanes) is 6. The minimum atomic E-state index is 0.449. The maximum Gasteiger partial charge on any atom is 0.116 e. The Bertz CT molecular complexity index is 536. The van der Waals surface area contributed by atoms with E-state index in [9.17, 15) is 5.11 Å². The number of phenolic OH excluding ortho intramolecular Hbond substituents is 1. The topological polar surface area (TPSA) is 20.2 Å². The molecule has 1 heteroatoms. The number of phenols is 1. The normalized spacial score (nSPS) is 12.5. The van der Waals surface area contributed by atoms with Crippen molar-refractivity contribution in [2.24, 2.45) is 10.8 Å². The van der Waals surface area contributed by atoms with Crippen LogP contribution in [0.15, 0.2) is 18.2 Å². The molecular formula is C27H48O. The number of hydrogen-bond donors (Lipinski definition) is 1. The highest BCUT2D eigenvalue weighted by Gasteiger charge is 2.13. The maximum atomic E-state index is 10.1. The van der Waals surface area contributed by atoms with Crippen LogP contribution in [0.25, 0.3) is 0 Å². The van der Waals surface area contributed by atoms with E-state index in [1.807, 2.05) is 12.1 Å². The molecule has 0 aliphatic carbocycles. The van der Waals surface area contributed by atoms with Gasteiger partial charge in [0.05, 0.1) is 0 Å². The fraction of sp³-hybridized carbons (Fsp3) is 0.778. The summed E-state index contributed by atoms with van der Waals surface area (Å²) in [6, 6.07) is 6.26. The van der Waals surface area contributed by atoms with Crippen molar-refractivity contribution < 1.29 is 5.11 Å². The molecule has 0 aromatic heterocycles. The number of benzene rings is 1. The van der Waals surface area contributed by atoms with Gasteiger partial charge in [0.25, 0.3) is 0 Å². The molecule has 0 heterocycles. The zero-order valence-electron chi connectivity index (χ0n) is 19.9. The Morgan fingerprint density at radius 1 is 0.643 bits per heavy atom. The lowest BCUT2D eigenvalue weighted by Gasteiger charge is -2.22. The molecule has 1 aromatic rings. The number of rotatable bonds is 14. The summed E-state index contributed by atoms with van der Waals surface area (Å²) in [5, 5.41) is 10.1. The molecular weight excluding hydrogens is 340 g/mol. The van der Waals surface area contributed by atoms with Crippen LogP contribution in [0, 0.1) is 10.8 Å². The first-order valence-electron chi connectivity index (χ1n) is 11.9. The van der Waals surface area contributed by atoms with E-state index in [2.05, 4.69) is 47.6 Å². The van der Waals surface area contributed by atoms with E-state index in [4.69, 9.17) is 0 Å². The van der Waals surface area contributed by atoms with Crippen LogP contribution in [0.1, 0.15) is 123 Å². The maximum absolute atomic E-state index is 10.1. The zero-order chi connectivity index (χ0) is 21.0. The quantitative estimate of drug-likeness (QED) is 0.315. The van der Waals surface area contributed by atoms with E-state index in [1.165, 1.54) is 81.8 Å². The second-order valence-electron chi connectivity index (χ2n) is 10.9. The first-order valence-corrected chi connectivity index (χ1v) is 11.9. The van der Waals surface area contributed by atoms with Gasteiger partial charge in [-0.3, -0.25) is 0 Å². The minimum Gasteiger partial charge on any atom is -0.508 e. The van der Waals surface area contributed by atoms with Crippen LogP contribution in [0.4, 0.5) is 0 Å². The summed E-state index contributed by atoms with van der Waals surface area (Å²) in [5.41, 5.74) is 3.60. The molecule has 0 radical (unpaired) electrons. The Labute approximate surface area is 176 Å². The molecule has 0 saturated carbocycles. The molecule has 0 atom stereocenters. The molecule has 28 heavy (non-hydrogen) atoms. The van der Waals surface area contributed by atoms with Gasteiger partial charge in [0.15, 0.2) is 0 Å². The molecule has 0 amide bonds. The van der Waals surface area contributed by atoms with Crippen molar-refractivity contribution in [3.8, 4) is 5.75 Å². The average molecular weight is 389 g/mol. The summed E-state index contributed by atoms with van der Waals surface area (Å²) < 4.78 is 0. The van der Waals surface area contributed by atoms with Crippen molar-refractivity contribution in [3.63, 3.8) is 0 Å². The Kier molecular flexibility index (Phi) is 11.2. The summed E-state index contributed by atoms with van der Waals surface area (Å²) in [7, 11) is 0. The lowest BCUT2D eigenvalue weighted by molar-refractivity contribution is 0.307. The highest BCUT2D eigenvalue weighted by Crippen LogP contribution is 2.27. The summed E-state index contributed by atoms with van der Waals surface area (Å²) in [6.07, 6.45) is 16.6. The van der Waals surface area contributed by atoms with Crippen LogP contribution >= 0.6 is 0 Å². The predicted molar refractivity (Wildman–Crippen MR) is 125 cm³/mol. The number of aryl methyl sites for hydroxylation is 2. The third kappa shape index (κ3) is 12.5. The molecule has 162 valence electrons. The van der Waals surface area contributed by atoms with Crippen molar-refractivity contribution in [1.82, 2.24) is 0 Å². The summed E-state index contributed by atoms with van der Waals surface area (Å²) in [5.74, 6) is 0.449. The van der Waals surface area contributed by atoms with Crippen molar-refractivity contribution in [1.29, 1.82) is 0 Å². The molecule has 0 saturated heterocycles. The molecule has 0 fully saturated rings. The first kappa shape index (κ1) is 25.1. The summed E-state index contributed by atoms with van der Waals surface area (Å²) >= 11 is 0. The van der Waals surface area contributed by atoms with Crippen LogP contribution in [0.3, 0.4) is 0 Å². The van der Waals surface area contributed by atoms with Crippen LogP contribution in [0.2, 0.25) is 0 Å². The third-order valence-corrected chi connectivity index (χ3v) is 6.21. The van der Waals surface area contributed by atoms with E-state index >= 15 is 0 Å². The predicted octanol–water partition coefficient (Wildman–Crippen LogP) is 8.86. The first-order chi connectivity index (χ1) is 13.1. The molecule has 1 aromatic carbocycles. The van der Waals surface area contributed by atoms with Crippen molar-refractivity contribution in [2.45, 2.75) is 125 Å². The van der Waals surface area contributed by atoms with Gasteiger partial charge in [-0.2, -0.15) is 0 Å². The second-order valence-corrected chi connectivity index (χ2v) is 10.9. The van der Waals surface area contributed by atoms with Gasteiger partial charge in [0.2, 0.25) is 0 Å². The van der Waals surface area contributed by atoms with Crippen LogP contribution in [0.5, 0.6) is 5.75 Å². The van der Waals surface area contributed by atoms with Crippen LogP contribution in [-0.2, 0) is 12.8 Å². The van der Waals surface area contributed by atoms with Gasteiger partial charge in [-0.25, -0.2) is 0 Å². The lowest BCUT2D eigenvalue weighted by Crippen LogP contribution is -2.08. The van der Waals surface area contributed by atoms with Gasteiger partial charge in [-0.1, -0.05) is 92.6 Å². The third-order valence-electron chi connectivity index (χ3n) is 6.21. The molecule has 1 N–H and O–H groups in total. The molecule has 1 rings (SSSR count). The highest BCUT2D eigenvalue weighted by molar-refractivity contribution is 5.33. The lowest BCUT2D eigenvalue weighted by atomic mass is 9.84. The van der Waals surface area contributed by atoms with Crippen molar-refractivity contribution >= 4 is 0 Å². The van der Waals surface area contributed by atoms with Gasteiger partial charge in [-0.05, 0) is 72.6 Å².